The Balaban J connectivity index is 1.64. The third-order valence-corrected chi connectivity index (χ3v) is 65.3. The predicted molar refractivity (Wildman–Crippen MR) is 251 cm³/mol. The van der Waals surface area contributed by atoms with Gasteiger partial charge >= 0.3 is 353 Å². The molecule has 0 saturated carbocycles. The molecule has 2 aliphatic rings. The average molecular weight is 884 g/mol. The number of benzene rings is 4. The molecule has 0 heterocycles. The van der Waals surface area contributed by atoms with E-state index in [0.29, 0.717) is 23.7 Å². The third kappa shape index (κ3) is 7.55. The topological polar surface area (TPSA) is 0 Å². The summed E-state index contributed by atoms with van der Waals surface area (Å²) in [6, 6.07) is 24.3. The quantitative estimate of drug-likeness (QED) is 0.117. The zero-order valence-corrected chi connectivity index (χ0v) is 42.2. The van der Waals surface area contributed by atoms with Crippen LogP contribution in [0.25, 0.3) is 34.4 Å². The van der Waals surface area contributed by atoms with Gasteiger partial charge in [-0.05, 0) is 0 Å². The van der Waals surface area contributed by atoms with E-state index in [2.05, 4.69) is 169 Å². The summed E-state index contributed by atoms with van der Waals surface area (Å²) < 4.78 is 0.188. The molecule has 0 aliphatic heterocycles. The van der Waals surface area contributed by atoms with E-state index in [1.54, 1.807) is 0 Å². The van der Waals surface area contributed by atoms with Gasteiger partial charge in [0.15, 0.2) is 0 Å². The fourth-order valence-corrected chi connectivity index (χ4v) is 41.6. The first-order chi connectivity index (χ1) is 26.3. The van der Waals surface area contributed by atoms with E-state index < -0.39 is 21.5 Å². The molecule has 6 rings (SSSR count). The van der Waals surface area contributed by atoms with Crippen molar-refractivity contribution < 1.29 is 15.6 Å². The van der Waals surface area contributed by atoms with Crippen LogP contribution in [-0.2, 0) is 15.6 Å². The van der Waals surface area contributed by atoms with Gasteiger partial charge in [-0.1, -0.05) is 0 Å². The average Bonchev–Trinajstić information content (AvgIpc) is 3.70. The SMILES string of the molecule is CCCC1=Cc2c(ccc(C)c2-c2cc(C(C)C)cc(C(C)C)c2)[CH]1[Zr]([Cl])([Cl])([CH]1C(CCC)=Cc2c1ccc(C)c2-c1cc(C(C)C)cc(C(C)C)c1)[SiH](C)C. The molecule has 56 heavy (non-hydrogen) atoms. The van der Waals surface area contributed by atoms with E-state index in [0.717, 1.165) is 25.7 Å². The molecular formula is C52H69Cl2SiZr. The van der Waals surface area contributed by atoms with Crippen molar-refractivity contribution in [2.24, 2.45) is 0 Å². The van der Waals surface area contributed by atoms with Crippen molar-refractivity contribution in [2.45, 2.75) is 153 Å². The van der Waals surface area contributed by atoms with Gasteiger partial charge in [0.05, 0.1) is 0 Å². The molecule has 299 valence electrons. The van der Waals surface area contributed by atoms with E-state index in [-0.39, 0.29) is 7.25 Å². The Morgan fingerprint density at radius 3 is 1.12 bits per heavy atom. The van der Waals surface area contributed by atoms with Crippen LogP contribution >= 0.6 is 17.0 Å². The van der Waals surface area contributed by atoms with E-state index in [1.165, 1.54) is 89.0 Å². The summed E-state index contributed by atoms with van der Waals surface area (Å²) in [6.07, 6.45) is 9.35. The summed E-state index contributed by atoms with van der Waals surface area (Å²) in [4.78, 5) is 0. The van der Waals surface area contributed by atoms with Gasteiger partial charge in [0, 0.05) is 0 Å². The van der Waals surface area contributed by atoms with Crippen LogP contribution in [-0.4, -0.2) is 5.92 Å². The fourth-order valence-electron chi connectivity index (χ4n) is 10.1. The van der Waals surface area contributed by atoms with Crippen molar-refractivity contribution in [1.29, 1.82) is 0 Å². The number of hydrogen-bond acceptors (Lipinski definition) is 0. The van der Waals surface area contributed by atoms with Gasteiger partial charge in [-0.2, -0.15) is 0 Å². The molecule has 2 unspecified atom stereocenters. The number of aryl methyl sites for hydroxylation is 2. The second-order valence-electron chi connectivity index (χ2n) is 19.1. The van der Waals surface area contributed by atoms with Gasteiger partial charge in [0.1, 0.15) is 0 Å². The number of rotatable bonds is 13. The normalized spacial score (nSPS) is 17.6. The molecule has 0 amide bonds. The van der Waals surface area contributed by atoms with Gasteiger partial charge < -0.3 is 0 Å². The van der Waals surface area contributed by atoms with Crippen LogP contribution in [0.4, 0.5) is 0 Å². The van der Waals surface area contributed by atoms with Crippen molar-refractivity contribution in [1.82, 2.24) is 0 Å². The second-order valence-corrected chi connectivity index (χ2v) is 61.6. The van der Waals surface area contributed by atoms with E-state index >= 15 is 0 Å². The molecule has 0 aromatic heterocycles. The predicted octanol–water partition coefficient (Wildman–Crippen LogP) is 17.3. The monoisotopic (exact) mass is 881 g/mol. The molecule has 2 aliphatic carbocycles. The summed E-state index contributed by atoms with van der Waals surface area (Å²) in [7, 11) is 17.9. The summed E-state index contributed by atoms with van der Waals surface area (Å²) in [5.41, 5.74) is 22.2. The summed E-state index contributed by atoms with van der Waals surface area (Å²) in [5, 5.41) is 0. The van der Waals surface area contributed by atoms with E-state index in [4.69, 9.17) is 17.0 Å². The molecule has 0 N–H and O–H groups in total. The molecule has 0 nitrogen and oxygen atoms in total. The fraction of sp³-hybridized carbons (Fsp3) is 0.462. The van der Waals surface area contributed by atoms with Crippen molar-refractivity contribution >= 4 is 35.1 Å². The molecule has 4 aromatic carbocycles. The van der Waals surface area contributed by atoms with Crippen LogP contribution in [0.3, 0.4) is 0 Å². The minimum absolute atomic E-state index is 0.0939. The van der Waals surface area contributed by atoms with Crippen molar-refractivity contribution in [2.75, 3.05) is 0 Å². The molecule has 0 spiro atoms. The molecule has 4 heteroatoms. The number of halogens is 2. The first-order valence-corrected chi connectivity index (χ1v) is 38.2. The number of allylic oxidation sites excluding steroid dienone is 2. The van der Waals surface area contributed by atoms with E-state index in [1.807, 2.05) is 0 Å². The molecule has 0 saturated heterocycles. The standard InChI is InChI=1S/2C25H31.C2H7Si.2ClH.Zr/c2*1-7-8-19-11-20-10-9-18(6)25(24(20)12-19)23-14-21(16(2)3)13-22(15-23)17(4)5;1-3-2;;;/h2*9-17H,7-8H2,1-6H3;3H,1-2H3;2*1H;/q;;;;;+2/p-2. The number of fused-ring (bicyclic) bond motifs is 2. The molecule has 2 atom stereocenters. The summed E-state index contributed by atoms with van der Waals surface area (Å²) in [5.74, 6) is 0.127. The first kappa shape index (κ1) is 43.6. The maximum atomic E-state index is 8.96. The van der Waals surface area contributed by atoms with Crippen LogP contribution in [0.1, 0.15) is 181 Å². The molecule has 0 bridgehead atoms. The maximum absolute atomic E-state index is 8.96. The first-order valence-electron chi connectivity index (χ1n) is 21.9. The minimum atomic E-state index is -4.97. The van der Waals surface area contributed by atoms with Gasteiger partial charge in [0.25, 0.3) is 0 Å². The molecule has 4 aromatic rings. The Morgan fingerprint density at radius 2 is 0.857 bits per heavy atom. The van der Waals surface area contributed by atoms with Crippen molar-refractivity contribution in [3.8, 4) is 22.3 Å². The molecule has 0 fully saturated rings. The Kier molecular flexibility index (Phi) is 12.9. The third-order valence-electron chi connectivity index (χ3n) is 13.5. The van der Waals surface area contributed by atoms with Crippen LogP contribution in [0.5, 0.6) is 0 Å². The van der Waals surface area contributed by atoms with E-state index in [9.17, 15) is 0 Å². The molecule has 0 radical (unpaired) electrons. The molecular weight excluding hydrogens is 815 g/mol. The van der Waals surface area contributed by atoms with Gasteiger partial charge in [-0.25, -0.2) is 0 Å². The zero-order valence-electron chi connectivity index (χ0n) is 37.1. The van der Waals surface area contributed by atoms with Gasteiger partial charge in [-0.3, -0.25) is 0 Å². The van der Waals surface area contributed by atoms with Crippen LogP contribution < -0.4 is 0 Å². The van der Waals surface area contributed by atoms with Crippen molar-refractivity contribution in [3.05, 3.63) is 127 Å². The Hall–Kier alpha value is -1.96. The van der Waals surface area contributed by atoms with Crippen molar-refractivity contribution in [3.63, 3.8) is 0 Å². The van der Waals surface area contributed by atoms with Crippen LogP contribution in [0.2, 0.25) is 13.1 Å². The Morgan fingerprint density at radius 1 is 0.536 bits per heavy atom. The van der Waals surface area contributed by atoms with Gasteiger partial charge in [-0.15, -0.1) is 0 Å². The zero-order chi connectivity index (χ0) is 41.0. The van der Waals surface area contributed by atoms with Gasteiger partial charge in [0.2, 0.25) is 0 Å². The second kappa shape index (κ2) is 16.6. The Bertz CT molecular complexity index is 2000. The van der Waals surface area contributed by atoms with Crippen LogP contribution in [0.15, 0.2) is 71.8 Å². The van der Waals surface area contributed by atoms with Crippen LogP contribution in [0, 0.1) is 13.8 Å². The number of hydrogen-bond donors (Lipinski definition) is 0. The summed E-state index contributed by atoms with van der Waals surface area (Å²) >= 11 is -4.97. The summed E-state index contributed by atoms with van der Waals surface area (Å²) in [6.45, 7) is 32.8. The Labute approximate surface area is 350 Å².